The molecule has 0 spiro atoms. The molecule has 0 unspecified atom stereocenters. The quantitative estimate of drug-likeness (QED) is 0.494. The minimum absolute atomic E-state index is 0.0746. The largest absolute Gasteiger partial charge is 0.461 e. The molecule has 1 atom stereocenters. The smallest absolute Gasteiger partial charge is 0.355 e. The molecular weight excluding hydrogens is 388 g/mol. The van der Waals surface area contributed by atoms with E-state index >= 15 is 0 Å². The van der Waals surface area contributed by atoms with Gasteiger partial charge in [-0.1, -0.05) is 0 Å². The Hall–Kier alpha value is -2.87. The van der Waals surface area contributed by atoms with Crippen LogP contribution in [0.5, 0.6) is 0 Å². The highest BCUT2D eigenvalue weighted by Gasteiger charge is 2.25. The molecule has 0 aromatic carbocycles. The number of hydrogen-bond donors (Lipinski definition) is 1. The average molecular weight is 418 g/mol. The van der Waals surface area contributed by atoms with Crippen LogP contribution in [0.2, 0.25) is 0 Å². The van der Waals surface area contributed by atoms with Gasteiger partial charge in [-0.05, 0) is 53.2 Å². The summed E-state index contributed by atoms with van der Waals surface area (Å²) < 4.78 is 17.5. The Morgan fingerprint density at radius 2 is 1.77 bits per heavy atom. The maximum atomic E-state index is 12.7. The van der Waals surface area contributed by atoms with Crippen molar-refractivity contribution in [2.24, 2.45) is 0 Å². The lowest BCUT2D eigenvalue weighted by Crippen LogP contribution is -2.17. The molecular formula is C22H30N2O6. The second-order valence-corrected chi connectivity index (χ2v) is 7.30. The molecule has 0 aliphatic heterocycles. The van der Waals surface area contributed by atoms with Gasteiger partial charge in [0.1, 0.15) is 5.69 Å². The highest BCUT2D eigenvalue weighted by atomic mass is 16.5. The molecule has 2 rings (SSSR count). The van der Waals surface area contributed by atoms with Crippen molar-refractivity contribution >= 4 is 17.7 Å². The number of nitrogens with zero attached hydrogens (tertiary/aromatic N) is 1. The number of hydrogen-bond acceptors (Lipinski definition) is 6. The number of carbonyl (C=O) groups excluding carboxylic acids is 3. The number of esters is 2. The molecule has 0 aliphatic carbocycles. The van der Waals surface area contributed by atoms with Crippen molar-refractivity contribution in [2.75, 3.05) is 26.9 Å². The second kappa shape index (κ2) is 9.75. The van der Waals surface area contributed by atoms with E-state index in [1.807, 2.05) is 25.3 Å². The molecule has 0 fully saturated rings. The van der Waals surface area contributed by atoms with Crippen LogP contribution < -0.4 is 0 Å². The van der Waals surface area contributed by atoms with Gasteiger partial charge in [0.05, 0.1) is 24.8 Å². The number of ketones is 1. The molecule has 164 valence electrons. The normalized spacial score (nSPS) is 12.0. The van der Waals surface area contributed by atoms with E-state index in [0.717, 1.165) is 11.4 Å². The van der Waals surface area contributed by atoms with Crippen LogP contribution in [0.25, 0.3) is 0 Å². The molecule has 0 saturated heterocycles. The van der Waals surface area contributed by atoms with Crippen molar-refractivity contribution in [1.29, 1.82) is 0 Å². The number of aromatic amines is 1. The van der Waals surface area contributed by atoms with E-state index in [2.05, 4.69) is 4.98 Å². The van der Waals surface area contributed by atoms with Gasteiger partial charge in [0.2, 0.25) is 5.78 Å². The SMILES string of the molecule is CCOC(=O)c1[nH]c(C)c(C(=O)OCC(=O)c2cc(C)n([C@@H](C)COC)c2C)c1C. The molecule has 30 heavy (non-hydrogen) atoms. The summed E-state index contributed by atoms with van der Waals surface area (Å²) in [5.74, 6) is -1.48. The number of carbonyl (C=O) groups is 3. The van der Waals surface area contributed by atoms with Crippen molar-refractivity contribution < 1.29 is 28.6 Å². The number of aromatic nitrogens is 2. The third-order valence-electron chi connectivity index (χ3n) is 5.09. The first-order chi connectivity index (χ1) is 14.1. The van der Waals surface area contributed by atoms with E-state index in [1.165, 1.54) is 0 Å². The van der Waals surface area contributed by atoms with E-state index in [9.17, 15) is 14.4 Å². The molecule has 2 aromatic rings. The molecule has 0 saturated carbocycles. The van der Waals surface area contributed by atoms with Gasteiger partial charge < -0.3 is 23.8 Å². The van der Waals surface area contributed by atoms with E-state index in [-0.39, 0.29) is 36.3 Å². The van der Waals surface area contributed by atoms with Crippen LogP contribution in [-0.2, 0) is 14.2 Å². The summed E-state index contributed by atoms with van der Waals surface area (Å²) in [7, 11) is 1.63. The van der Waals surface area contributed by atoms with Gasteiger partial charge in [-0.25, -0.2) is 9.59 Å². The number of methoxy groups -OCH3 is 1. The van der Waals surface area contributed by atoms with Gasteiger partial charge in [-0.15, -0.1) is 0 Å². The van der Waals surface area contributed by atoms with E-state index < -0.39 is 11.9 Å². The van der Waals surface area contributed by atoms with Crippen molar-refractivity contribution in [3.63, 3.8) is 0 Å². The first kappa shape index (κ1) is 23.4. The van der Waals surface area contributed by atoms with Gasteiger partial charge in [0, 0.05) is 29.8 Å². The third-order valence-corrected chi connectivity index (χ3v) is 5.09. The van der Waals surface area contributed by atoms with Crippen LogP contribution >= 0.6 is 0 Å². The van der Waals surface area contributed by atoms with Crippen LogP contribution in [0.1, 0.15) is 73.7 Å². The summed E-state index contributed by atoms with van der Waals surface area (Å²) in [6.07, 6.45) is 0. The Morgan fingerprint density at radius 3 is 2.37 bits per heavy atom. The first-order valence-electron chi connectivity index (χ1n) is 9.87. The van der Waals surface area contributed by atoms with Crippen molar-refractivity contribution in [2.45, 2.75) is 47.6 Å². The second-order valence-electron chi connectivity index (χ2n) is 7.30. The van der Waals surface area contributed by atoms with Crippen LogP contribution in [0.3, 0.4) is 0 Å². The summed E-state index contributed by atoms with van der Waals surface area (Å²) in [6, 6.07) is 1.87. The fourth-order valence-corrected chi connectivity index (χ4v) is 3.80. The lowest BCUT2D eigenvalue weighted by atomic mass is 10.1. The van der Waals surface area contributed by atoms with Crippen LogP contribution in [0, 0.1) is 27.7 Å². The van der Waals surface area contributed by atoms with Gasteiger partial charge >= 0.3 is 11.9 Å². The van der Waals surface area contributed by atoms with Crippen LogP contribution in [0.15, 0.2) is 6.07 Å². The highest BCUT2D eigenvalue weighted by molar-refractivity contribution is 6.02. The van der Waals surface area contributed by atoms with Crippen molar-refractivity contribution in [3.8, 4) is 0 Å². The Morgan fingerprint density at radius 1 is 1.10 bits per heavy atom. The topological polar surface area (TPSA) is 99.6 Å². The lowest BCUT2D eigenvalue weighted by molar-refractivity contribution is 0.0473. The maximum absolute atomic E-state index is 12.7. The summed E-state index contributed by atoms with van der Waals surface area (Å²) in [5, 5.41) is 0. The van der Waals surface area contributed by atoms with Crippen LogP contribution in [-0.4, -0.2) is 54.2 Å². The Labute approximate surface area is 176 Å². The molecule has 8 nitrogen and oxygen atoms in total. The summed E-state index contributed by atoms with van der Waals surface area (Å²) in [6.45, 7) is 11.2. The fraction of sp³-hybridized carbons (Fsp3) is 0.500. The predicted molar refractivity (Wildman–Crippen MR) is 111 cm³/mol. The number of aryl methyl sites for hydroxylation is 2. The lowest BCUT2D eigenvalue weighted by Gasteiger charge is -2.17. The summed E-state index contributed by atoms with van der Waals surface area (Å²) in [4.78, 5) is 40.2. The summed E-state index contributed by atoms with van der Waals surface area (Å²) in [5.41, 5.74) is 3.63. The first-order valence-corrected chi connectivity index (χ1v) is 9.87. The maximum Gasteiger partial charge on any atom is 0.355 e. The molecule has 2 heterocycles. The molecule has 0 radical (unpaired) electrons. The fourth-order valence-electron chi connectivity index (χ4n) is 3.80. The van der Waals surface area contributed by atoms with E-state index in [0.29, 0.717) is 23.4 Å². The van der Waals surface area contributed by atoms with E-state index in [4.69, 9.17) is 14.2 Å². The number of rotatable bonds is 9. The zero-order valence-corrected chi connectivity index (χ0v) is 18.7. The molecule has 2 aromatic heterocycles. The van der Waals surface area contributed by atoms with Crippen LogP contribution in [0.4, 0.5) is 0 Å². The number of ether oxygens (including phenoxy) is 3. The number of H-pyrrole nitrogens is 1. The Kier molecular flexibility index (Phi) is 7.61. The van der Waals surface area contributed by atoms with Gasteiger partial charge in [-0.2, -0.15) is 0 Å². The molecule has 0 bridgehead atoms. The standard InChI is InChI=1S/C22H30N2O6/c1-8-29-22(27)20-14(4)19(15(5)23-20)21(26)30-11-18(25)17-9-12(2)24(16(17)6)13(3)10-28-7/h9,13,23H,8,10-11H2,1-7H3/t13-/m0/s1. The number of nitrogens with one attached hydrogen (secondary N) is 1. The molecule has 1 N–H and O–H groups in total. The minimum atomic E-state index is -0.660. The Balaban J connectivity index is 2.15. The van der Waals surface area contributed by atoms with Crippen molar-refractivity contribution in [1.82, 2.24) is 9.55 Å². The van der Waals surface area contributed by atoms with Gasteiger partial charge in [0.25, 0.3) is 0 Å². The van der Waals surface area contributed by atoms with Gasteiger partial charge in [-0.3, -0.25) is 4.79 Å². The third kappa shape index (κ3) is 4.64. The van der Waals surface area contributed by atoms with Crippen molar-refractivity contribution in [3.05, 3.63) is 45.5 Å². The molecule has 0 aliphatic rings. The van der Waals surface area contributed by atoms with Gasteiger partial charge in [0.15, 0.2) is 6.61 Å². The average Bonchev–Trinajstić information content (AvgIpc) is 3.15. The highest BCUT2D eigenvalue weighted by Crippen LogP contribution is 2.23. The predicted octanol–water partition coefficient (Wildman–Crippen LogP) is 3.47. The monoisotopic (exact) mass is 418 g/mol. The minimum Gasteiger partial charge on any atom is -0.461 e. The molecule has 8 heteroatoms. The summed E-state index contributed by atoms with van der Waals surface area (Å²) >= 11 is 0. The zero-order chi connectivity index (χ0) is 22.6. The zero-order valence-electron chi connectivity index (χ0n) is 18.7. The number of Topliss-reactive ketones (excluding diaryl/α,β-unsaturated/α-hetero) is 1. The Bertz CT molecular complexity index is 953. The van der Waals surface area contributed by atoms with E-state index in [1.54, 1.807) is 33.9 Å². The molecule has 0 amide bonds.